The molecule has 2 aromatic heterocycles. The van der Waals surface area contributed by atoms with Crippen molar-refractivity contribution in [2.24, 2.45) is 0 Å². The van der Waals surface area contributed by atoms with Crippen LogP contribution in [0.3, 0.4) is 0 Å². The number of nitrogens with one attached hydrogen (secondary N) is 1. The van der Waals surface area contributed by atoms with Gasteiger partial charge in [0.25, 0.3) is 0 Å². The van der Waals surface area contributed by atoms with Crippen LogP contribution >= 0.6 is 0 Å². The van der Waals surface area contributed by atoms with E-state index in [9.17, 15) is 0 Å². The number of hydrogen-bond acceptors (Lipinski definition) is 3. The van der Waals surface area contributed by atoms with Crippen molar-refractivity contribution < 1.29 is 20.4 Å². The molecule has 2 rings (SSSR count). The average Bonchev–Trinajstić information content (AvgIpc) is 2.33. The van der Waals surface area contributed by atoms with E-state index < -0.39 is 0 Å². The molecule has 0 atom stereocenters. The molecule has 0 saturated heterocycles. The first kappa shape index (κ1) is 7.32. The van der Waals surface area contributed by atoms with Gasteiger partial charge in [0, 0.05) is 20.4 Å². The topological polar surface area (TPSA) is 54.5 Å². The van der Waals surface area contributed by atoms with Gasteiger partial charge in [-0.1, -0.05) is 0 Å². The number of rotatable bonds is 0. The average molecular weight is 227 g/mol. The summed E-state index contributed by atoms with van der Waals surface area (Å²) in [7, 11) is 0. The zero-order valence-corrected chi connectivity index (χ0v) is 6.44. The Morgan fingerprint density at radius 1 is 1.30 bits per heavy atom. The van der Waals surface area contributed by atoms with Crippen molar-refractivity contribution in [1.82, 2.24) is 19.9 Å². The largest absolute Gasteiger partial charge is 0.329 e. The van der Waals surface area contributed by atoms with Crippen LogP contribution in [0.1, 0.15) is 0 Å². The second kappa shape index (κ2) is 2.86. The Labute approximate surface area is 70.8 Å². The van der Waals surface area contributed by atoms with Gasteiger partial charge in [-0.15, -0.1) is 0 Å². The molecule has 2 heterocycles. The van der Waals surface area contributed by atoms with E-state index in [-0.39, 0.29) is 20.4 Å². The molecule has 0 aliphatic rings. The van der Waals surface area contributed by atoms with E-state index in [0.29, 0.717) is 0 Å². The minimum Gasteiger partial charge on any atom is -0.329 e. The zero-order valence-electron chi connectivity index (χ0n) is 4.89. The Bertz CT molecular complexity index is 288. The summed E-state index contributed by atoms with van der Waals surface area (Å²) >= 11 is 0. The van der Waals surface area contributed by atoms with Gasteiger partial charge in [0.1, 0.15) is 11.8 Å². The first-order valence-electron chi connectivity index (χ1n) is 2.56. The summed E-state index contributed by atoms with van der Waals surface area (Å²) < 4.78 is 0. The van der Waals surface area contributed by atoms with Crippen LogP contribution < -0.4 is 0 Å². The molecule has 0 aromatic carbocycles. The van der Waals surface area contributed by atoms with Gasteiger partial charge in [0.2, 0.25) is 0 Å². The van der Waals surface area contributed by atoms with Gasteiger partial charge < -0.3 is 4.98 Å². The molecule has 54 valence electrons. The van der Waals surface area contributed by atoms with E-state index in [0.717, 1.165) is 11.2 Å². The van der Waals surface area contributed by atoms with Crippen LogP contribution in [-0.2, 0) is 20.4 Å². The summed E-state index contributed by atoms with van der Waals surface area (Å²) in [5.74, 6) is 0. The minimum absolute atomic E-state index is 0. The number of H-pyrrole nitrogens is 1. The van der Waals surface area contributed by atoms with Crippen molar-refractivity contribution in [1.29, 1.82) is 0 Å². The molecule has 0 saturated carbocycles. The van der Waals surface area contributed by atoms with E-state index in [4.69, 9.17) is 0 Å². The maximum absolute atomic E-state index is 3.94. The first-order valence-corrected chi connectivity index (χ1v) is 2.56. The minimum atomic E-state index is 0. The number of nitrogens with zero attached hydrogens (tertiary/aromatic N) is 3. The Morgan fingerprint density at radius 2 is 2.20 bits per heavy atom. The number of aromatic amines is 1. The fraction of sp³-hybridized carbons (Fsp3) is 0. The molecule has 0 spiro atoms. The van der Waals surface area contributed by atoms with Gasteiger partial charge in [-0.3, -0.25) is 0 Å². The molecule has 0 aliphatic heterocycles. The third-order valence-electron chi connectivity index (χ3n) is 1.10. The predicted molar refractivity (Wildman–Crippen MR) is 31.7 cm³/mol. The smallest absolute Gasteiger partial charge is 0.160 e. The summed E-state index contributed by atoms with van der Waals surface area (Å²) in [6, 6.07) is 0. The Hall–Kier alpha value is -0.788. The fourth-order valence-electron chi connectivity index (χ4n) is 0.691. The molecule has 0 unspecified atom stereocenters. The van der Waals surface area contributed by atoms with E-state index in [1.54, 1.807) is 12.5 Å². The van der Waals surface area contributed by atoms with Crippen LogP contribution in [0.15, 0.2) is 18.9 Å². The molecule has 4 nitrogen and oxygen atoms in total. The molecule has 10 heavy (non-hydrogen) atoms. The van der Waals surface area contributed by atoms with Crippen molar-refractivity contribution in [2.75, 3.05) is 0 Å². The monoisotopic (exact) mass is 226 g/mol. The van der Waals surface area contributed by atoms with E-state index >= 15 is 0 Å². The van der Waals surface area contributed by atoms with Crippen LogP contribution in [0, 0.1) is 0 Å². The normalized spacial score (nSPS) is 9.20. The second-order valence-corrected chi connectivity index (χ2v) is 1.66. The van der Waals surface area contributed by atoms with Gasteiger partial charge in [-0.05, 0) is 0 Å². The number of fused-ring (bicyclic) bond motifs is 1. The SMILES string of the molecule is [Pd].c1ncc2nc[nH]c2n1. The molecule has 0 amide bonds. The molecule has 2 aromatic rings. The standard InChI is InChI=1S/C5H4N4.Pd/c1-4-5(8-2-6-1)9-3-7-4;/h1-3H,(H,6,7,8,9);. The van der Waals surface area contributed by atoms with Crippen LogP contribution in [-0.4, -0.2) is 19.9 Å². The molecule has 0 radical (unpaired) electrons. The molecular weight excluding hydrogens is 223 g/mol. The summed E-state index contributed by atoms with van der Waals surface area (Å²) in [4.78, 5) is 14.5. The van der Waals surface area contributed by atoms with E-state index in [2.05, 4.69) is 19.9 Å². The van der Waals surface area contributed by atoms with Gasteiger partial charge in [0.05, 0.1) is 12.5 Å². The van der Waals surface area contributed by atoms with Crippen LogP contribution in [0.4, 0.5) is 0 Å². The molecule has 0 bridgehead atoms. The predicted octanol–water partition coefficient (Wildman–Crippen LogP) is 0.350. The Balaban J connectivity index is 0.000000500. The van der Waals surface area contributed by atoms with Crippen LogP contribution in [0.5, 0.6) is 0 Å². The van der Waals surface area contributed by atoms with E-state index in [1.807, 2.05) is 0 Å². The summed E-state index contributed by atoms with van der Waals surface area (Å²) in [5.41, 5.74) is 1.59. The molecular formula is C5H4N4Pd. The van der Waals surface area contributed by atoms with Crippen molar-refractivity contribution in [3.05, 3.63) is 18.9 Å². The molecule has 0 fully saturated rings. The van der Waals surface area contributed by atoms with Crippen LogP contribution in [0.25, 0.3) is 11.2 Å². The van der Waals surface area contributed by atoms with Crippen molar-refractivity contribution in [3.63, 3.8) is 0 Å². The van der Waals surface area contributed by atoms with Gasteiger partial charge >= 0.3 is 0 Å². The number of hydrogen-bond donors (Lipinski definition) is 1. The summed E-state index contributed by atoms with van der Waals surface area (Å²) in [6.45, 7) is 0. The van der Waals surface area contributed by atoms with Gasteiger partial charge in [-0.2, -0.15) is 0 Å². The number of aromatic nitrogens is 4. The van der Waals surface area contributed by atoms with Crippen molar-refractivity contribution >= 4 is 11.2 Å². The zero-order chi connectivity index (χ0) is 6.10. The van der Waals surface area contributed by atoms with Crippen LogP contribution in [0.2, 0.25) is 0 Å². The molecule has 1 N–H and O–H groups in total. The summed E-state index contributed by atoms with van der Waals surface area (Å²) in [6.07, 6.45) is 4.75. The number of imidazole rings is 1. The third-order valence-corrected chi connectivity index (χ3v) is 1.10. The van der Waals surface area contributed by atoms with Gasteiger partial charge in [-0.25, -0.2) is 15.0 Å². The Morgan fingerprint density at radius 3 is 3.00 bits per heavy atom. The summed E-state index contributed by atoms with van der Waals surface area (Å²) in [5, 5.41) is 0. The maximum atomic E-state index is 3.94. The third kappa shape index (κ3) is 1.06. The fourth-order valence-corrected chi connectivity index (χ4v) is 0.691. The maximum Gasteiger partial charge on any atom is 0.160 e. The molecule has 0 aliphatic carbocycles. The second-order valence-electron chi connectivity index (χ2n) is 1.66. The molecule has 5 heteroatoms. The van der Waals surface area contributed by atoms with Crippen molar-refractivity contribution in [3.8, 4) is 0 Å². The quantitative estimate of drug-likeness (QED) is 0.660. The first-order chi connectivity index (χ1) is 4.47. The van der Waals surface area contributed by atoms with Gasteiger partial charge in [0.15, 0.2) is 5.65 Å². The van der Waals surface area contributed by atoms with Crippen molar-refractivity contribution in [2.45, 2.75) is 0 Å². The van der Waals surface area contributed by atoms with E-state index in [1.165, 1.54) is 6.33 Å². The Kier molecular flexibility index (Phi) is 2.10.